The lowest BCUT2D eigenvalue weighted by Gasteiger charge is -2.17. The number of nitrogens with zero attached hydrogens (tertiary/aromatic N) is 2. The molecule has 80 valence electrons. The predicted octanol–water partition coefficient (Wildman–Crippen LogP) is -0.574. The van der Waals surface area contributed by atoms with Crippen LogP contribution in [-0.4, -0.2) is 36.1 Å². The van der Waals surface area contributed by atoms with Crippen molar-refractivity contribution >= 4 is 5.82 Å². The monoisotopic (exact) mass is 206 g/mol. The van der Waals surface area contributed by atoms with Crippen molar-refractivity contribution < 1.29 is 0 Å². The fourth-order valence-electron chi connectivity index (χ4n) is 2.57. The molecule has 2 saturated heterocycles. The van der Waals surface area contributed by atoms with E-state index in [1.54, 1.807) is 6.07 Å². The molecule has 2 unspecified atom stereocenters. The molecule has 0 amide bonds. The van der Waals surface area contributed by atoms with Crippen LogP contribution in [0, 0.1) is 11.8 Å². The fourth-order valence-corrected chi connectivity index (χ4v) is 2.57. The molecule has 2 N–H and O–H groups in total. The van der Waals surface area contributed by atoms with E-state index in [9.17, 15) is 4.79 Å². The van der Waals surface area contributed by atoms with Crippen LogP contribution in [0.4, 0.5) is 5.82 Å². The summed E-state index contributed by atoms with van der Waals surface area (Å²) in [5.74, 6) is 2.27. The van der Waals surface area contributed by atoms with Crippen LogP contribution >= 0.6 is 0 Å². The average Bonchev–Trinajstić information content (AvgIpc) is 2.76. The van der Waals surface area contributed by atoms with Crippen molar-refractivity contribution in [1.29, 1.82) is 0 Å². The molecular weight excluding hydrogens is 192 g/mol. The molecule has 5 nitrogen and oxygen atoms in total. The summed E-state index contributed by atoms with van der Waals surface area (Å²) in [6.07, 6.45) is 1.48. The largest absolute Gasteiger partial charge is 0.356 e. The van der Waals surface area contributed by atoms with Crippen molar-refractivity contribution in [2.24, 2.45) is 11.8 Å². The fraction of sp³-hybridized carbons (Fsp3) is 0.600. The second kappa shape index (κ2) is 3.34. The number of hydrogen-bond acceptors (Lipinski definition) is 4. The van der Waals surface area contributed by atoms with Crippen LogP contribution in [0.3, 0.4) is 0 Å². The Balaban J connectivity index is 1.82. The van der Waals surface area contributed by atoms with Crippen LogP contribution in [0.2, 0.25) is 0 Å². The van der Waals surface area contributed by atoms with Crippen LogP contribution in [-0.2, 0) is 0 Å². The standard InChI is InChI=1S/C10H14N4O/c15-10-1-9(12-6-13-10)14-4-7-2-11-3-8(7)5-14/h1,6-8,11H,2-5H2,(H,12,13,15). The average molecular weight is 206 g/mol. The van der Waals surface area contributed by atoms with Gasteiger partial charge in [-0.1, -0.05) is 0 Å². The molecule has 3 heterocycles. The zero-order chi connectivity index (χ0) is 10.3. The van der Waals surface area contributed by atoms with Gasteiger partial charge in [-0.05, 0) is 11.8 Å². The van der Waals surface area contributed by atoms with E-state index in [-0.39, 0.29) is 5.56 Å². The molecule has 0 radical (unpaired) electrons. The van der Waals surface area contributed by atoms with Gasteiger partial charge < -0.3 is 15.2 Å². The van der Waals surface area contributed by atoms with E-state index in [0.29, 0.717) is 0 Å². The first-order valence-electron chi connectivity index (χ1n) is 5.33. The quantitative estimate of drug-likeness (QED) is 0.645. The lowest BCUT2D eigenvalue weighted by Crippen LogP contribution is -2.27. The first-order chi connectivity index (χ1) is 7.33. The van der Waals surface area contributed by atoms with Crippen molar-refractivity contribution in [3.05, 3.63) is 22.7 Å². The summed E-state index contributed by atoms with van der Waals surface area (Å²) in [5, 5.41) is 3.39. The number of aromatic amines is 1. The number of hydrogen-bond donors (Lipinski definition) is 2. The van der Waals surface area contributed by atoms with Gasteiger partial charge in [0.15, 0.2) is 0 Å². The summed E-state index contributed by atoms with van der Waals surface area (Å²) < 4.78 is 0. The van der Waals surface area contributed by atoms with Crippen LogP contribution in [0.25, 0.3) is 0 Å². The Morgan fingerprint density at radius 3 is 2.73 bits per heavy atom. The van der Waals surface area contributed by atoms with Crippen LogP contribution in [0.1, 0.15) is 0 Å². The molecule has 1 aromatic rings. The molecule has 15 heavy (non-hydrogen) atoms. The second-order valence-corrected chi connectivity index (χ2v) is 4.35. The molecule has 0 aromatic carbocycles. The van der Waals surface area contributed by atoms with Gasteiger partial charge in [0.1, 0.15) is 5.82 Å². The number of nitrogens with one attached hydrogen (secondary N) is 2. The van der Waals surface area contributed by atoms with Crippen LogP contribution in [0.15, 0.2) is 17.2 Å². The maximum absolute atomic E-state index is 11.2. The van der Waals surface area contributed by atoms with Crippen molar-refractivity contribution in [3.63, 3.8) is 0 Å². The predicted molar refractivity (Wildman–Crippen MR) is 56.9 cm³/mol. The number of H-pyrrole nitrogens is 1. The first kappa shape index (κ1) is 8.91. The van der Waals surface area contributed by atoms with Gasteiger partial charge in [0, 0.05) is 32.2 Å². The lowest BCUT2D eigenvalue weighted by molar-refractivity contribution is 0.533. The normalized spacial score (nSPS) is 29.5. The highest BCUT2D eigenvalue weighted by atomic mass is 16.1. The van der Waals surface area contributed by atoms with E-state index in [2.05, 4.69) is 20.2 Å². The number of aromatic nitrogens is 2. The third-order valence-electron chi connectivity index (χ3n) is 3.38. The lowest BCUT2D eigenvalue weighted by atomic mass is 10.0. The maximum atomic E-state index is 11.2. The van der Waals surface area contributed by atoms with Crippen LogP contribution in [0.5, 0.6) is 0 Å². The van der Waals surface area contributed by atoms with Gasteiger partial charge >= 0.3 is 0 Å². The minimum Gasteiger partial charge on any atom is -0.356 e. The smallest absolute Gasteiger partial charge is 0.252 e. The van der Waals surface area contributed by atoms with Gasteiger partial charge in [-0.25, -0.2) is 4.98 Å². The van der Waals surface area contributed by atoms with E-state index >= 15 is 0 Å². The number of fused-ring (bicyclic) bond motifs is 1. The topological polar surface area (TPSA) is 61.0 Å². The van der Waals surface area contributed by atoms with Gasteiger partial charge in [-0.3, -0.25) is 4.79 Å². The van der Waals surface area contributed by atoms with Crippen molar-refractivity contribution in [1.82, 2.24) is 15.3 Å². The van der Waals surface area contributed by atoms with Gasteiger partial charge in [-0.15, -0.1) is 0 Å². The summed E-state index contributed by atoms with van der Waals surface area (Å²) in [6.45, 7) is 4.25. The Hall–Kier alpha value is -1.36. The zero-order valence-electron chi connectivity index (χ0n) is 8.44. The van der Waals surface area contributed by atoms with Crippen molar-refractivity contribution in [2.75, 3.05) is 31.1 Å². The maximum Gasteiger partial charge on any atom is 0.252 e. The Labute approximate surface area is 87.5 Å². The van der Waals surface area contributed by atoms with E-state index in [1.165, 1.54) is 6.33 Å². The Kier molecular flexibility index (Phi) is 1.98. The molecule has 2 aliphatic rings. The molecule has 0 bridgehead atoms. The Bertz CT molecular complexity index is 404. The first-order valence-corrected chi connectivity index (χ1v) is 5.33. The molecule has 1 aromatic heterocycles. The second-order valence-electron chi connectivity index (χ2n) is 4.35. The van der Waals surface area contributed by atoms with E-state index in [4.69, 9.17) is 0 Å². The molecule has 2 atom stereocenters. The molecule has 5 heteroatoms. The van der Waals surface area contributed by atoms with Gasteiger partial charge in [0.2, 0.25) is 0 Å². The van der Waals surface area contributed by atoms with E-state index < -0.39 is 0 Å². The minimum absolute atomic E-state index is 0.0739. The zero-order valence-corrected chi connectivity index (χ0v) is 8.44. The number of anilines is 1. The highest BCUT2D eigenvalue weighted by Crippen LogP contribution is 2.28. The number of rotatable bonds is 1. The van der Waals surface area contributed by atoms with Gasteiger partial charge in [0.25, 0.3) is 5.56 Å². The molecule has 0 aliphatic carbocycles. The summed E-state index contributed by atoms with van der Waals surface area (Å²) in [5.41, 5.74) is -0.0739. The van der Waals surface area contributed by atoms with E-state index in [0.717, 1.165) is 43.8 Å². The molecular formula is C10H14N4O. The summed E-state index contributed by atoms with van der Waals surface area (Å²) in [7, 11) is 0. The summed E-state index contributed by atoms with van der Waals surface area (Å²) in [4.78, 5) is 20.1. The summed E-state index contributed by atoms with van der Waals surface area (Å²) in [6, 6.07) is 1.58. The minimum atomic E-state index is -0.0739. The molecule has 3 rings (SSSR count). The van der Waals surface area contributed by atoms with Crippen molar-refractivity contribution in [2.45, 2.75) is 0 Å². The Morgan fingerprint density at radius 2 is 2.07 bits per heavy atom. The SMILES string of the molecule is O=c1cc(N2CC3CNCC3C2)nc[nH]1. The third-order valence-corrected chi connectivity index (χ3v) is 3.38. The Morgan fingerprint density at radius 1 is 1.33 bits per heavy atom. The third kappa shape index (κ3) is 1.52. The van der Waals surface area contributed by atoms with Crippen molar-refractivity contribution in [3.8, 4) is 0 Å². The van der Waals surface area contributed by atoms with Gasteiger partial charge in [0.05, 0.1) is 6.33 Å². The molecule has 0 spiro atoms. The van der Waals surface area contributed by atoms with Crippen LogP contribution < -0.4 is 15.8 Å². The highest BCUT2D eigenvalue weighted by Gasteiger charge is 2.36. The molecule has 0 saturated carbocycles. The highest BCUT2D eigenvalue weighted by molar-refractivity contribution is 5.38. The van der Waals surface area contributed by atoms with Gasteiger partial charge in [-0.2, -0.15) is 0 Å². The van der Waals surface area contributed by atoms with E-state index in [1.807, 2.05) is 0 Å². The molecule has 2 aliphatic heterocycles. The summed E-state index contributed by atoms with van der Waals surface area (Å²) >= 11 is 0. The molecule has 2 fully saturated rings.